The summed E-state index contributed by atoms with van der Waals surface area (Å²) in [6.45, 7) is 2.61. The molecule has 1 aliphatic rings. The summed E-state index contributed by atoms with van der Waals surface area (Å²) in [6.07, 6.45) is 5.64. The first kappa shape index (κ1) is 17.5. The van der Waals surface area contributed by atoms with Gasteiger partial charge in [-0.1, -0.05) is 30.3 Å². The molecule has 4 nitrogen and oxygen atoms in total. The number of para-hydroxylation sites is 1. The molecule has 0 saturated carbocycles. The molecule has 0 spiro atoms. The highest BCUT2D eigenvalue weighted by Gasteiger charge is 2.17. The first-order chi connectivity index (χ1) is 13.3. The molecule has 2 aromatic carbocycles. The SMILES string of the molecule is O=C(CCc1ccc(NCc2cnc3ccccc3c2)cc1)N1CCCC1. The maximum absolute atomic E-state index is 12.1. The largest absolute Gasteiger partial charge is 0.381 e. The summed E-state index contributed by atoms with van der Waals surface area (Å²) in [5.41, 5.74) is 4.47. The van der Waals surface area contributed by atoms with E-state index >= 15 is 0 Å². The number of carbonyl (C=O) groups is 1. The first-order valence-corrected chi connectivity index (χ1v) is 9.72. The second-order valence-corrected chi connectivity index (χ2v) is 7.17. The Bertz CT molecular complexity index is 914. The van der Waals surface area contributed by atoms with Crippen LogP contribution in [0.3, 0.4) is 0 Å². The number of aromatic nitrogens is 1. The van der Waals surface area contributed by atoms with E-state index in [0.29, 0.717) is 12.3 Å². The van der Waals surface area contributed by atoms with Crippen molar-refractivity contribution in [3.8, 4) is 0 Å². The Balaban J connectivity index is 1.30. The average molecular weight is 359 g/mol. The van der Waals surface area contributed by atoms with Crippen molar-refractivity contribution in [1.29, 1.82) is 0 Å². The molecule has 1 amide bonds. The summed E-state index contributed by atoms with van der Waals surface area (Å²) < 4.78 is 0. The van der Waals surface area contributed by atoms with Gasteiger partial charge in [-0.2, -0.15) is 0 Å². The predicted octanol–water partition coefficient (Wildman–Crippen LogP) is 4.40. The summed E-state index contributed by atoms with van der Waals surface area (Å²) in [5.74, 6) is 0.290. The van der Waals surface area contributed by atoms with Crippen LogP contribution in [-0.4, -0.2) is 28.9 Å². The molecule has 27 heavy (non-hydrogen) atoms. The molecule has 0 aliphatic carbocycles. The maximum atomic E-state index is 12.1. The Morgan fingerprint density at radius 2 is 1.78 bits per heavy atom. The molecule has 4 heteroatoms. The van der Waals surface area contributed by atoms with E-state index in [0.717, 1.165) is 61.1 Å². The van der Waals surface area contributed by atoms with E-state index in [1.807, 2.05) is 29.3 Å². The van der Waals surface area contributed by atoms with Gasteiger partial charge in [0.2, 0.25) is 5.91 Å². The zero-order valence-corrected chi connectivity index (χ0v) is 15.5. The van der Waals surface area contributed by atoms with Gasteiger partial charge < -0.3 is 10.2 Å². The number of hydrogen-bond acceptors (Lipinski definition) is 3. The highest BCUT2D eigenvalue weighted by molar-refractivity contribution is 5.78. The van der Waals surface area contributed by atoms with Gasteiger partial charge in [0.05, 0.1) is 5.52 Å². The standard InChI is InChI=1S/C23H25N3O/c27-23(26-13-3-4-14-26)12-9-18-7-10-21(11-8-18)24-16-19-15-20-5-1-2-6-22(20)25-17-19/h1-2,5-8,10-11,15,17,24H,3-4,9,12-14,16H2. The zero-order chi connectivity index (χ0) is 18.5. The molecule has 1 aromatic heterocycles. The van der Waals surface area contributed by atoms with Crippen molar-refractivity contribution in [2.75, 3.05) is 18.4 Å². The summed E-state index contributed by atoms with van der Waals surface area (Å²) in [5, 5.41) is 4.61. The minimum atomic E-state index is 0.290. The Labute approximate surface area is 160 Å². The third-order valence-corrected chi connectivity index (χ3v) is 5.18. The molecule has 1 N–H and O–H groups in total. The lowest BCUT2D eigenvalue weighted by Gasteiger charge is -2.15. The van der Waals surface area contributed by atoms with Gasteiger partial charge >= 0.3 is 0 Å². The van der Waals surface area contributed by atoms with Gasteiger partial charge in [0.1, 0.15) is 0 Å². The van der Waals surface area contributed by atoms with E-state index < -0.39 is 0 Å². The van der Waals surface area contributed by atoms with Crippen molar-refractivity contribution < 1.29 is 4.79 Å². The van der Waals surface area contributed by atoms with Gasteiger partial charge in [-0.05, 0) is 54.7 Å². The fourth-order valence-corrected chi connectivity index (χ4v) is 3.58. The number of pyridine rings is 1. The number of likely N-dealkylation sites (tertiary alicyclic amines) is 1. The third kappa shape index (κ3) is 4.45. The van der Waals surface area contributed by atoms with Gasteiger partial charge in [0.15, 0.2) is 0 Å². The number of amides is 1. The number of hydrogen-bond donors (Lipinski definition) is 1. The van der Waals surface area contributed by atoms with Gasteiger partial charge in [0, 0.05) is 43.3 Å². The van der Waals surface area contributed by atoms with Crippen LogP contribution in [0.5, 0.6) is 0 Å². The van der Waals surface area contributed by atoms with Crippen LogP contribution < -0.4 is 5.32 Å². The zero-order valence-electron chi connectivity index (χ0n) is 15.5. The van der Waals surface area contributed by atoms with Crippen LogP contribution in [0.25, 0.3) is 10.9 Å². The normalized spacial score (nSPS) is 13.9. The minimum absolute atomic E-state index is 0.290. The topological polar surface area (TPSA) is 45.2 Å². The summed E-state index contributed by atoms with van der Waals surface area (Å²) in [7, 11) is 0. The number of nitrogens with zero attached hydrogens (tertiary/aromatic N) is 2. The molecule has 4 rings (SSSR count). The van der Waals surface area contributed by atoms with Gasteiger partial charge in [0.25, 0.3) is 0 Å². The molecular weight excluding hydrogens is 334 g/mol. The lowest BCUT2D eigenvalue weighted by Crippen LogP contribution is -2.27. The van der Waals surface area contributed by atoms with E-state index in [1.54, 1.807) is 0 Å². The molecular formula is C23H25N3O. The number of aryl methyl sites for hydroxylation is 1. The van der Waals surface area contributed by atoms with E-state index in [4.69, 9.17) is 0 Å². The van der Waals surface area contributed by atoms with Crippen molar-refractivity contribution in [3.05, 3.63) is 71.9 Å². The van der Waals surface area contributed by atoms with Crippen molar-refractivity contribution >= 4 is 22.5 Å². The molecule has 1 fully saturated rings. The number of nitrogens with one attached hydrogen (secondary N) is 1. The fraction of sp³-hybridized carbons (Fsp3) is 0.304. The molecule has 0 unspecified atom stereocenters. The monoisotopic (exact) mass is 359 g/mol. The molecule has 2 heterocycles. The van der Waals surface area contributed by atoms with Crippen LogP contribution in [0, 0.1) is 0 Å². The van der Waals surface area contributed by atoms with Crippen molar-refractivity contribution in [1.82, 2.24) is 9.88 Å². The van der Waals surface area contributed by atoms with Crippen LogP contribution in [0.1, 0.15) is 30.4 Å². The number of carbonyl (C=O) groups excluding carboxylic acids is 1. The van der Waals surface area contributed by atoms with E-state index in [2.05, 4.69) is 46.7 Å². The Morgan fingerprint density at radius 1 is 1.00 bits per heavy atom. The lowest BCUT2D eigenvalue weighted by atomic mass is 10.1. The predicted molar refractivity (Wildman–Crippen MR) is 110 cm³/mol. The Kier molecular flexibility index (Phi) is 5.33. The molecule has 0 bridgehead atoms. The third-order valence-electron chi connectivity index (χ3n) is 5.18. The first-order valence-electron chi connectivity index (χ1n) is 9.72. The van der Waals surface area contributed by atoms with Gasteiger partial charge in [-0.25, -0.2) is 0 Å². The maximum Gasteiger partial charge on any atom is 0.222 e. The minimum Gasteiger partial charge on any atom is -0.381 e. The second-order valence-electron chi connectivity index (χ2n) is 7.17. The molecule has 1 aliphatic heterocycles. The molecule has 1 saturated heterocycles. The molecule has 138 valence electrons. The van der Waals surface area contributed by atoms with Crippen LogP contribution in [0.15, 0.2) is 60.8 Å². The lowest BCUT2D eigenvalue weighted by molar-refractivity contribution is -0.130. The number of rotatable bonds is 6. The average Bonchev–Trinajstić information content (AvgIpc) is 3.26. The Hall–Kier alpha value is -2.88. The van der Waals surface area contributed by atoms with E-state index in [9.17, 15) is 4.79 Å². The molecule has 0 atom stereocenters. The Morgan fingerprint density at radius 3 is 2.59 bits per heavy atom. The van der Waals surface area contributed by atoms with E-state index in [-0.39, 0.29) is 0 Å². The summed E-state index contributed by atoms with van der Waals surface area (Å²) in [4.78, 5) is 18.6. The smallest absolute Gasteiger partial charge is 0.222 e. The molecule has 0 radical (unpaired) electrons. The van der Waals surface area contributed by atoms with Crippen molar-refractivity contribution in [3.63, 3.8) is 0 Å². The number of fused-ring (bicyclic) bond motifs is 1. The van der Waals surface area contributed by atoms with Crippen molar-refractivity contribution in [2.45, 2.75) is 32.2 Å². The van der Waals surface area contributed by atoms with Crippen LogP contribution in [-0.2, 0) is 17.8 Å². The molecule has 3 aromatic rings. The van der Waals surface area contributed by atoms with Crippen molar-refractivity contribution in [2.24, 2.45) is 0 Å². The fourth-order valence-electron chi connectivity index (χ4n) is 3.58. The highest BCUT2D eigenvalue weighted by Crippen LogP contribution is 2.16. The number of benzene rings is 2. The van der Waals surface area contributed by atoms with Gasteiger partial charge in [-0.3, -0.25) is 9.78 Å². The van der Waals surface area contributed by atoms with Crippen LogP contribution in [0.2, 0.25) is 0 Å². The summed E-state index contributed by atoms with van der Waals surface area (Å²) in [6, 6.07) is 18.7. The van der Waals surface area contributed by atoms with E-state index in [1.165, 1.54) is 5.56 Å². The quantitative estimate of drug-likeness (QED) is 0.709. The van der Waals surface area contributed by atoms with Crippen LogP contribution >= 0.6 is 0 Å². The number of anilines is 1. The summed E-state index contributed by atoms with van der Waals surface area (Å²) >= 11 is 0. The highest BCUT2D eigenvalue weighted by atomic mass is 16.2. The van der Waals surface area contributed by atoms with Crippen LogP contribution in [0.4, 0.5) is 5.69 Å². The van der Waals surface area contributed by atoms with Gasteiger partial charge in [-0.15, -0.1) is 0 Å². The second kappa shape index (κ2) is 8.21.